The molecule has 2 rings (SSSR count). The first-order chi connectivity index (χ1) is 9.41. The molecule has 1 aromatic carbocycles. The Bertz CT molecular complexity index is 576. The van der Waals surface area contributed by atoms with Crippen molar-refractivity contribution in [2.45, 2.75) is 25.4 Å². The van der Waals surface area contributed by atoms with Gasteiger partial charge in [0.05, 0.1) is 23.1 Å². The van der Waals surface area contributed by atoms with Crippen LogP contribution in [0.2, 0.25) is 0 Å². The molecule has 0 atom stereocenters. The lowest BCUT2D eigenvalue weighted by atomic mass is 10.1. The van der Waals surface area contributed by atoms with E-state index < -0.39 is 9.84 Å². The standard InChI is InChI=1S/C13H17Br2NO3S/c1-19-13-9(6-10(14)7-12(13)15)8-16-11-2-4-20(17,18)5-3-11/h6-7,11,16H,2-5,8H2,1H3. The van der Waals surface area contributed by atoms with Gasteiger partial charge in [-0.05, 0) is 40.9 Å². The average Bonchev–Trinajstić information content (AvgIpc) is 2.37. The summed E-state index contributed by atoms with van der Waals surface area (Å²) >= 11 is 6.94. The van der Waals surface area contributed by atoms with Crippen LogP contribution >= 0.6 is 31.9 Å². The summed E-state index contributed by atoms with van der Waals surface area (Å²) in [4.78, 5) is 0. The summed E-state index contributed by atoms with van der Waals surface area (Å²) in [7, 11) is -1.16. The van der Waals surface area contributed by atoms with Crippen LogP contribution in [0.5, 0.6) is 5.75 Å². The molecule has 1 aliphatic heterocycles. The first-order valence-corrected chi connectivity index (χ1v) is 9.78. The highest BCUT2D eigenvalue weighted by Gasteiger charge is 2.23. The van der Waals surface area contributed by atoms with Crippen molar-refractivity contribution in [1.82, 2.24) is 5.32 Å². The third-order valence-electron chi connectivity index (χ3n) is 3.43. The van der Waals surface area contributed by atoms with Crippen LogP contribution in [0.25, 0.3) is 0 Å². The van der Waals surface area contributed by atoms with Gasteiger partial charge in [-0.3, -0.25) is 0 Å². The molecule has 0 saturated carbocycles. The van der Waals surface area contributed by atoms with Gasteiger partial charge in [-0.1, -0.05) is 15.9 Å². The average molecular weight is 427 g/mol. The van der Waals surface area contributed by atoms with Gasteiger partial charge in [0.1, 0.15) is 15.6 Å². The lowest BCUT2D eigenvalue weighted by Crippen LogP contribution is -2.37. The Morgan fingerprint density at radius 2 is 1.95 bits per heavy atom. The van der Waals surface area contributed by atoms with E-state index in [9.17, 15) is 8.42 Å². The molecular weight excluding hydrogens is 410 g/mol. The molecular formula is C13H17Br2NO3S. The van der Waals surface area contributed by atoms with Crippen LogP contribution in [0.4, 0.5) is 0 Å². The van der Waals surface area contributed by atoms with E-state index in [1.807, 2.05) is 12.1 Å². The Labute approximate surface area is 136 Å². The van der Waals surface area contributed by atoms with Crippen molar-refractivity contribution in [2.75, 3.05) is 18.6 Å². The summed E-state index contributed by atoms with van der Waals surface area (Å²) in [5, 5.41) is 3.42. The molecule has 4 nitrogen and oxygen atoms in total. The van der Waals surface area contributed by atoms with Crippen LogP contribution in [-0.2, 0) is 16.4 Å². The SMILES string of the molecule is COc1c(Br)cc(Br)cc1CNC1CCS(=O)(=O)CC1. The molecule has 0 aromatic heterocycles. The topological polar surface area (TPSA) is 55.4 Å². The monoisotopic (exact) mass is 425 g/mol. The Balaban J connectivity index is 2.01. The Hall–Kier alpha value is -0.110. The Morgan fingerprint density at radius 3 is 2.55 bits per heavy atom. The number of nitrogens with one attached hydrogen (secondary N) is 1. The van der Waals surface area contributed by atoms with Crippen molar-refractivity contribution >= 4 is 41.7 Å². The second-order valence-electron chi connectivity index (χ2n) is 4.89. The van der Waals surface area contributed by atoms with Gasteiger partial charge in [0.15, 0.2) is 0 Å². The Morgan fingerprint density at radius 1 is 1.30 bits per heavy atom. The van der Waals surface area contributed by atoms with E-state index in [1.54, 1.807) is 7.11 Å². The van der Waals surface area contributed by atoms with E-state index >= 15 is 0 Å². The van der Waals surface area contributed by atoms with Gasteiger partial charge in [-0.15, -0.1) is 0 Å². The van der Waals surface area contributed by atoms with Gasteiger partial charge in [-0.2, -0.15) is 0 Å². The fourth-order valence-electron chi connectivity index (χ4n) is 2.32. The van der Waals surface area contributed by atoms with Gasteiger partial charge in [0, 0.05) is 22.6 Å². The quantitative estimate of drug-likeness (QED) is 0.804. The largest absolute Gasteiger partial charge is 0.495 e. The van der Waals surface area contributed by atoms with E-state index in [0.717, 1.165) is 20.3 Å². The summed E-state index contributed by atoms with van der Waals surface area (Å²) in [6, 6.07) is 4.20. The normalized spacial score (nSPS) is 18.9. The number of halogens is 2. The number of ether oxygens (including phenoxy) is 1. The highest BCUT2D eigenvalue weighted by Crippen LogP contribution is 2.32. The molecule has 7 heteroatoms. The summed E-state index contributed by atoms with van der Waals surface area (Å²) in [6.45, 7) is 0.659. The highest BCUT2D eigenvalue weighted by molar-refractivity contribution is 9.11. The molecule has 0 radical (unpaired) electrons. The predicted molar refractivity (Wildman–Crippen MR) is 86.9 cm³/mol. The molecule has 112 valence electrons. The second-order valence-corrected chi connectivity index (χ2v) is 8.96. The number of hydrogen-bond acceptors (Lipinski definition) is 4. The van der Waals surface area contributed by atoms with Crippen LogP contribution in [0, 0.1) is 0 Å². The van der Waals surface area contributed by atoms with Crippen molar-refractivity contribution in [1.29, 1.82) is 0 Å². The summed E-state index contributed by atoms with van der Waals surface area (Å²) in [5.41, 5.74) is 1.04. The molecule has 0 unspecified atom stereocenters. The minimum Gasteiger partial charge on any atom is -0.495 e. The van der Waals surface area contributed by atoms with E-state index in [1.165, 1.54) is 0 Å². The second kappa shape index (κ2) is 6.77. The van der Waals surface area contributed by atoms with Crippen LogP contribution < -0.4 is 10.1 Å². The molecule has 1 fully saturated rings. The smallest absolute Gasteiger partial charge is 0.150 e. The third kappa shape index (κ3) is 4.19. The van der Waals surface area contributed by atoms with Gasteiger partial charge >= 0.3 is 0 Å². The first-order valence-electron chi connectivity index (χ1n) is 6.37. The Kier molecular flexibility index (Phi) is 5.50. The fourth-order valence-corrected chi connectivity index (χ4v) is 5.29. The van der Waals surface area contributed by atoms with Gasteiger partial charge in [0.25, 0.3) is 0 Å². The molecule has 1 saturated heterocycles. The van der Waals surface area contributed by atoms with Gasteiger partial charge in [-0.25, -0.2) is 8.42 Å². The van der Waals surface area contributed by atoms with Crippen LogP contribution in [0.15, 0.2) is 21.1 Å². The maximum absolute atomic E-state index is 11.4. The zero-order valence-corrected chi connectivity index (χ0v) is 15.1. The fraction of sp³-hybridized carbons (Fsp3) is 0.538. The zero-order chi connectivity index (χ0) is 14.8. The van der Waals surface area contributed by atoms with E-state index in [4.69, 9.17) is 4.74 Å². The lowest BCUT2D eigenvalue weighted by molar-refractivity contribution is 0.399. The molecule has 20 heavy (non-hydrogen) atoms. The maximum Gasteiger partial charge on any atom is 0.150 e. The van der Waals surface area contributed by atoms with Crippen molar-refractivity contribution < 1.29 is 13.2 Å². The third-order valence-corrected chi connectivity index (χ3v) is 6.19. The molecule has 1 aliphatic rings. The van der Waals surface area contributed by atoms with E-state index in [0.29, 0.717) is 19.4 Å². The van der Waals surface area contributed by atoms with Crippen molar-refractivity contribution in [3.63, 3.8) is 0 Å². The van der Waals surface area contributed by atoms with Crippen LogP contribution in [0.1, 0.15) is 18.4 Å². The maximum atomic E-state index is 11.4. The molecule has 0 amide bonds. The summed E-state index contributed by atoms with van der Waals surface area (Å²) in [6.07, 6.45) is 1.36. The highest BCUT2D eigenvalue weighted by atomic mass is 79.9. The molecule has 0 aliphatic carbocycles. The first kappa shape index (κ1) is 16.3. The van der Waals surface area contributed by atoms with Crippen molar-refractivity contribution in [2.24, 2.45) is 0 Å². The number of hydrogen-bond donors (Lipinski definition) is 1. The van der Waals surface area contributed by atoms with Gasteiger partial charge in [0.2, 0.25) is 0 Å². The van der Waals surface area contributed by atoms with Crippen molar-refractivity contribution in [3.8, 4) is 5.75 Å². The molecule has 1 heterocycles. The lowest BCUT2D eigenvalue weighted by Gasteiger charge is -2.23. The van der Waals surface area contributed by atoms with Crippen LogP contribution in [0.3, 0.4) is 0 Å². The number of rotatable bonds is 4. The molecule has 1 N–H and O–H groups in total. The van der Waals surface area contributed by atoms with Crippen LogP contribution in [-0.4, -0.2) is 33.1 Å². The number of sulfone groups is 1. The minimum atomic E-state index is -2.80. The van der Waals surface area contributed by atoms with E-state index in [2.05, 4.69) is 37.2 Å². The number of methoxy groups -OCH3 is 1. The van der Waals surface area contributed by atoms with Crippen molar-refractivity contribution in [3.05, 3.63) is 26.6 Å². The summed E-state index contributed by atoms with van der Waals surface area (Å²) in [5.74, 6) is 1.37. The minimum absolute atomic E-state index is 0.251. The van der Waals surface area contributed by atoms with E-state index in [-0.39, 0.29) is 17.5 Å². The molecule has 0 bridgehead atoms. The number of benzene rings is 1. The predicted octanol–water partition coefficient (Wildman–Crippen LogP) is 2.89. The molecule has 1 aromatic rings. The van der Waals surface area contributed by atoms with Gasteiger partial charge < -0.3 is 10.1 Å². The molecule has 0 spiro atoms. The zero-order valence-electron chi connectivity index (χ0n) is 11.2. The summed E-state index contributed by atoms with van der Waals surface area (Å²) < 4.78 is 30.1.